The Morgan fingerprint density at radius 3 is 2.29 bits per heavy atom. The largest absolute Gasteiger partial charge is 0.373 e. The van der Waals surface area contributed by atoms with E-state index in [1.54, 1.807) is 0 Å². The van der Waals surface area contributed by atoms with Gasteiger partial charge in [0.15, 0.2) is 5.70 Å². The monoisotopic (exact) mass is 548 g/mol. The summed E-state index contributed by atoms with van der Waals surface area (Å²) < 4.78 is 2.30. The highest BCUT2D eigenvalue weighted by atomic mass is 15.3. The molecule has 5 heteroatoms. The molecule has 4 aromatic carbocycles. The smallest absolute Gasteiger partial charge is 0.210 e. The van der Waals surface area contributed by atoms with Crippen LogP contribution in [-0.4, -0.2) is 35.1 Å². The van der Waals surface area contributed by atoms with Crippen molar-refractivity contribution in [2.75, 3.05) is 13.6 Å². The van der Waals surface area contributed by atoms with Gasteiger partial charge >= 0.3 is 0 Å². The number of hydrogen-bond donors (Lipinski definition) is 2. The fraction of sp³-hybridized carbons (Fsp3) is 0.108. The third kappa shape index (κ3) is 4.74. The fourth-order valence-corrected chi connectivity index (χ4v) is 5.96. The van der Waals surface area contributed by atoms with Crippen molar-refractivity contribution < 1.29 is 5.73 Å². The molecule has 4 N–H and O–H groups in total. The minimum atomic E-state index is 0.164. The zero-order chi connectivity index (χ0) is 28.5. The second-order valence-electron chi connectivity index (χ2n) is 10.9. The number of aromatic nitrogens is 1. The van der Waals surface area contributed by atoms with Gasteiger partial charge in [0, 0.05) is 47.7 Å². The molecule has 0 fully saturated rings. The Balaban J connectivity index is 1.21. The Kier molecular flexibility index (Phi) is 6.78. The van der Waals surface area contributed by atoms with Crippen LogP contribution in [0, 0.1) is 0 Å². The summed E-state index contributed by atoms with van der Waals surface area (Å²) in [5.74, 6) is 0.945. The van der Waals surface area contributed by atoms with E-state index in [-0.39, 0.29) is 6.04 Å². The van der Waals surface area contributed by atoms with Crippen molar-refractivity contribution in [1.29, 1.82) is 0 Å². The maximum Gasteiger partial charge on any atom is 0.210 e. The first-order valence-electron chi connectivity index (χ1n) is 14.5. The van der Waals surface area contributed by atoms with Crippen LogP contribution in [0.25, 0.3) is 38.8 Å². The van der Waals surface area contributed by atoms with Gasteiger partial charge in [0.25, 0.3) is 0 Å². The van der Waals surface area contributed by atoms with Crippen molar-refractivity contribution in [3.05, 3.63) is 150 Å². The van der Waals surface area contributed by atoms with Crippen LogP contribution in [-0.2, 0) is 0 Å². The number of nitrogens with zero attached hydrogens (tertiary/aromatic N) is 3. The summed E-state index contributed by atoms with van der Waals surface area (Å²) in [6.07, 6.45) is 11.7. The molecule has 5 nitrogen and oxygen atoms in total. The van der Waals surface area contributed by atoms with E-state index in [1.165, 1.54) is 32.9 Å². The average molecular weight is 549 g/mol. The molecule has 0 saturated heterocycles. The van der Waals surface area contributed by atoms with E-state index in [4.69, 9.17) is 4.99 Å². The van der Waals surface area contributed by atoms with E-state index in [0.717, 1.165) is 41.4 Å². The molecule has 1 unspecified atom stereocenters. The maximum absolute atomic E-state index is 4.77. The first-order chi connectivity index (χ1) is 20.7. The van der Waals surface area contributed by atoms with Crippen LogP contribution >= 0.6 is 0 Å². The van der Waals surface area contributed by atoms with E-state index in [0.29, 0.717) is 0 Å². The summed E-state index contributed by atoms with van der Waals surface area (Å²) in [4.78, 5) is 6.97. The molecule has 0 radical (unpaired) electrons. The van der Waals surface area contributed by atoms with Crippen molar-refractivity contribution in [2.24, 2.45) is 4.99 Å². The van der Waals surface area contributed by atoms with Crippen LogP contribution in [0.15, 0.2) is 139 Å². The van der Waals surface area contributed by atoms with Crippen molar-refractivity contribution in [2.45, 2.75) is 12.5 Å². The molecule has 0 bridgehead atoms. The van der Waals surface area contributed by atoms with Gasteiger partial charge in [-0.1, -0.05) is 97.1 Å². The Labute approximate surface area is 246 Å². The number of quaternary nitrogens is 1. The Morgan fingerprint density at radius 2 is 1.55 bits per heavy atom. The van der Waals surface area contributed by atoms with Crippen LogP contribution in [0.2, 0.25) is 0 Å². The molecule has 1 atom stereocenters. The van der Waals surface area contributed by atoms with Gasteiger partial charge in [-0.15, -0.1) is 0 Å². The van der Waals surface area contributed by atoms with Crippen molar-refractivity contribution in [3.63, 3.8) is 0 Å². The number of nitrogens with one attached hydrogen (secondary N) is 1. The standard InChI is InChI=1S/C37H33N5/c1-41-24-10-23-39-37(41)42-33-16-9-8-15-31(33)32-22-19-29(25-34(32)42)26-17-20-30(21-18-26)40-36(28-13-6-3-7-14-28)35(38)27-11-4-2-5-12-27/h2-20,22-23,25,30,40H,21,24,38H2,1H3/p+1/b36-35-. The molecule has 0 saturated carbocycles. The Morgan fingerprint density at radius 1 is 0.833 bits per heavy atom. The fourth-order valence-electron chi connectivity index (χ4n) is 5.96. The van der Waals surface area contributed by atoms with Crippen LogP contribution in [0.3, 0.4) is 0 Å². The maximum atomic E-state index is 4.77. The SMILES string of the molecule is CN1CC=CN=C1n1c2ccccc2c2ccc(C3=CCC(N/C(=C(\[NH3+])c4ccccc4)c4ccccc4)C=C3)cc21. The van der Waals surface area contributed by atoms with Gasteiger partial charge in [-0.3, -0.25) is 4.57 Å². The lowest BCUT2D eigenvalue weighted by Crippen LogP contribution is -2.48. The van der Waals surface area contributed by atoms with Crippen LogP contribution in [0.5, 0.6) is 0 Å². The molecule has 2 heterocycles. The van der Waals surface area contributed by atoms with Gasteiger partial charge in [-0.05, 0) is 47.9 Å². The summed E-state index contributed by atoms with van der Waals surface area (Å²) >= 11 is 0. The zero-order valence-electron chi connectivity index (χ0n) is 23.7. The predicted molar refractivity (Wildman–Crippen MR) is 175 cm³/mol. The highest BCUT2D eigenvalue weighted by Gasteiger charge is 2.20. The van der Waals surface area contributed by atoms with Gasteiger partial charge < -0.3 is 16.0 Å². The van der Waals surface area contributed by atoms with Crippen molar-refractivity contribution in [3.8, 4) is 0 Å². The van der Waals surface area contributed by atoms with Crippen LogP contribution < -0.4 is 11.1 Å². The second kappa shape index (κ2) is 11.0. The summed E-state index contributed by atoms with van der Waals surface area (Å²) in [5.41, 5.74) is 13.6. The van der Waals surface area contributed by atoms with Gasteiger partial charge in [-0.2, -0.15) is 0 Å². The lowest BCUT2D eigenvalue weighted by molar-refractivity contribution is -0.243. The molecule has 5 aromatic rings. The lowest BCUT2D eigenvalue weighted by atomic mass is 9.95. The number of aliphatic imine (C=N–C) groups is 1. The molecule has 2 aliphatic rings. The third-order valence-electron chi connectivity index (χ3n) is 8.14. The van der Waals surface area contributed by atoms with Crippen molar-refractivity contribution in [1.82, 2.24) is 14.8 Å². The summed E-state index contributed by atoms with van der Waals surface area (Å²) in [6, 6.07) is 36.4. The lowest BCUT2D eigenvalue weighted by Gasteiger charge is -2.24. The van der Waals surface area contributed by atoms with Gasteiger partial charge in [-0.25, -0.2) is 4.99 Å². The molecule has 0 spiro atoms. The average Bonchev–Trinajstić information content (AvgIpc) is 3.38. The van der Waals surface area contributed by atoms with Gasteiger partial charge in [0.05, 0.1) is 11.0 Å². The third-order valence-corrected chi connectivity index (χ3v) is 8.14. The first kappa shape index (κ1) is 25.8. The summed E-state index contributed by atoms with van der Waals surface area (Å²) in [6.45, 7) is 0.841. The summed E-state index contributed by atoms with van der Waals surface area (Å²) in [5, 5.41) is 6.28. The van der Waals surface area contributed by atoms with Gasteiger partial charge in [0.1, 0.15) is 5.70 Å². The van der Waals surface area contributed by atoms with E-state index in [1.807, 2.05) is 18.3 Å². The zero-order valence-corrected chi connectivity index (χ0v) is 23.7. The van der Waals surface area contributed by atoms with E-state index in [2.05, 4.69) is 143 Å². The van der Waals surface area contributed by atoms with E-state index >= 15 is 0 Å². The van der Waals surface area contributed by atoms with E-state index < -0.39 is 0 Å². The number of fused-ring (bicyclic) bond motifs is 3. The summed E-state index contributed by atoms with van der Waals surface area (Å²) in [7, 11) is 2.10. The number of rotatable bonds is 5. The van der Waals surface area contributed by atoms with E-state index in [9.17, 15) is 0 Å². The number of likely N-dealkylation sites (N-methyl/N-ethyl adjacent to an activating group) is 1. The molecule has 42 heavy (non-hydrogen) atoms. The topological polar surface area (TPSA) is 60.2 Å². The minimum Gasteiger partial charge on any atom is -0.373 e. The predicted octanol–water partition coefficient (Wildman–Crippen LogP) is 6.53. The second-order valence-corrected chi connectivity index (χ2v) is 10.9. The molecule has 1 aliphatic carbocycles. The minimum absolute atomic E-state index is 0.164. The number of hydrogen-bond acceptors (Lipinski definition) is 3. The molecule has 0 amide bonds. The molecule has 1 aromatic heterocycles. The molecular weight excluding hydrogens is 514 g/mol. The molecule has 1 aliphatic heterocycles. The van der Waals surface area contributed by atoms with Crippen LogP contribution in [0.1, 0.15) is 23.1 Å². The normalized spacial score (nSPS) is 17.3. The van der Waals surface area contributed by atoms with Crippen LogP contribution in [0.4, 0.5) is 0 Å². The Hall–Kier alpha value is -5.13. The molecule has 7 rings (SSSR count). The molecular formula is C37H34N5+. The number of allylic oxidation sites excluding steroid dienone is 2. The van der Waals surface area contributed by atoms with Crippen molar-refractivity contribution >= 4 is 44.7 Å². The molecule has 206 valence electrons. The highest BCUT2D eigenvalue weighted by Crippen LogP contribution is 2.33. The highest BCUT2D eigenvalue weighted by molar-refractivity contribution is 6.14. The van der Waals surface area contributed by atoms with Gasteiger partial charge in [0.2, 0.25) is 5.96 Å². The quantitative estimate of drug-likeness (QED) is 0.246. The Bertz CT molecular complexity index is 1920. The number of para-hydroxylation sites is 1. The number of benzene rings is 4. The first-order valence-corrected chi connectivity index (χ1v) is 14.5.